The monoisotopic (exact) mass is 449 g/mol. The van der Waals surface area contributed by atoms with Crippen molar-refractivity contribution in [1.82, 2.24) is 14.9 Å². The fourth-order valence-electron chi connectivity index (χ4n) is 4.33. The first-order valence-electron chi connectivity index (χ1n) is 10.3. The molecule has 0 radical (unpaired) electrons. The van der Waals surface area contributed by atoms with E-state index in [0.29, 0.717) is 31.0 Å². The number of rotatable bonds is 6. The molecule has 2 aromatic carbocycles. The molecule has 164 valence electrons. The largest absolute Gasteiger partial charge is 0.493 e. The molecule has 1 aliphatic rings. The minimum absolute atomic E-state index is 0.552. The Morgan fingerprint density at radius 1 is 1.19 bits per heavy atom. The Bertz CT molecular complexity index is 1300. The molecular formula is C24H23N3O4S. The third-order valence-electron chi connectivity index (χ3n) is 5.91. The van der Waals surface area contributed by atoms with E-state index in [4.69, 9.17) is 14.5 Å². The number of ether oxygens (including phenoxy) is 2. The average molecular weight is 450 g/mol. The number of aliphatic carboxylic acids is 1. The summed E-state index contributed by atoms with van der Waals surface area (Å²) in [4.78, 5) is 23.5. The number of aromatic amines is 1. The number of methoxy groups -OCH3 is 2. The molecular weight excluding hydrogens is 426 g/mol. The highest BCUT2D eigenvalue weighted by Crippen LogP contribution is 2.38. The lowest BCUT2D eigenvalue weighted by atomic mass is 10.0. The molecule has 4 aromatic rings. The fourth-order valence-corrected chi connectivity index (χ4v) is 5.46. The smallest absolute Gasteiger partial charge is 0.325 e. The number of para-hydroxylation sites is 1. The van der Waals surface area contributed by atoms with E-state index in [1.807, 2.05) is 53.6 Å². The summed E-state index contributed by atoms with van der Waals surface area (Å²) in [6, 6.07) is 12.9. The van der Waals surface area contributed by atoms with Crippen LogP contribution in [0.1, 0.15) is 22.2 Å². The molecule has 7 nitrogen and oxygen atoms in total. The molecule has 5 rings (SSSR count). The molecule has 0 fully saturated rings. The highest BCUT2D eigenvalue weighted by atomic mass is 32.1. The first-order valence-corrected chi connectivity index (χ1v) is 11.1. The number of hydrogen-bond acceptors (Lipinski definition) is 6. The molecule has 0 unspecified atom stereocenters. The fraction of sp³-hybridized carbons (Fsp3) is 0.250. The first-order chi connectivity index (χ1) is 15.6. The minimum Gasteiger partial charge on any atom is -0.493 e. The zero-order chi connectivity index (χ0) is 22.2. The number of thiazole rings is 1. The van der Waals surface area contributed by atoms with E-state index in [-0.39, 0.29) is 0 Å². The number of hydrogen-bond donors (Lipinski definition) is 2. The third-order valence-corrected chi connectivity index (χ3v) is 7.04. The van der Waals surface area contributed by atoms with E-state index >= 15 is 0 Å². The molecule has 0 bridgehead atoms. The SMILES string of the molecule is COc1ccc(-c2nc3c(s2)CN([C@@H](C(=O)O)c2c[nH]c4ccccc24)CC3)cc1OC. The van der Waals surface area contributed by atoms with Crippen molar-refractivity contribution in [2.75, 3.05) is 20.8 Å². The Hall–Kier alpha value is -3.36. The van der Waals surface area contributed by atoms with Gasteiger partial charge in [0, 0.05) is 52.6 Å². The van der Waals surface area contributed by atoms with Gasteiger partial charge in [-0.15, -0.1) is 11.3 Å². The van der Waals surface area contributed by atoms with Crippen molar-refractivity contribution >= 4 is 28.2 Å². The van der Waals surface area contributed by atoms with E-state index in [1.54, 1.807) is 25.6 Å². The Morgan fingerprint density at radius 3 is 2.78 bits per heavy atom. The number of aromatic nitrogens is 2. The molecule has 1 atom stereocenters. The van der Waals surface area contributed by atoms with Gasteiger partial charge in [-0.25, -0.2) is 4.98 Å². The molecule has 0 amide bonds. The zero-order valence-electron chi connectivity index (χ0n) is 17.8. The van der Waals surface area contributed by atoms with Crippen LogP contribution < -0.4 is 9.47 Å². The Kier molecular flexibility index (Phi) is 5.32. The molecule has 0 aliphatic carbocycles. The van der Waals surface area contributed by atoms with Crippen LogP contribution in [0, 0.1) is 0 Å². The second-order valence-corrected chi connectivity index (χ2v) is 8.79. The zero-order valence-corrected chi connectivity index (χ0v) is 18.6. The summed E-state index contributed by atoms with van der Waals surface area (Å²) in [5.41, 5.74) is 3.74. The van der Waals surface area contributed by atoms with E-state index in [2.05, 4.69) is 4.98 Å². The summed E-state index contributed by atoms with van der Waals surface area (Å²) in [5, 5.41) is 11.9. The van der Waals surface area contributed by atoms with Gasteiger partial charge in [-0.3, -0.25) is 9.69 Å². The quantitative estimate of drug-likeness (QED) is 0.451. The third kappa shape index (κ3) is 3.51. The van der Waals surface area contributed by atoms with Gasteiger partial charge in [0.1, 0.15) is 11.0 Å². The van der Waals surface area contributed by atoms with Crippen LogP contribution in [0.15, 0.2) is 48.7 Å². The van der Waals surface area contributed by atoms with Gasteiger partial charge in [-0.05, 0) is 24.3 Å². The highest BCUT2D eigenvalue weighted by Gasteiger charge is 2.33. The Morgan fingerprint density at radius 2 is 2.00 bits per heavy atom. The number of fused-ring (bicyclic) bond motifs is 2. The van der Waals surface area contributed by atoms with E-state index < -0.39 is 12.0 Å². The standard InChI is InChI=1S/C24H23N3O4S/c1-30-19-8-7-14(11-20(19)31-2)23-26-18-9-10-27(13-21(18)32-23)22(24(28)29)16-12-25-17-6-4-3-5-15(16)17/h3-8,11-12,22,25H,9-10,13H2,1-2H3,(H,28,29)/t22-/m1/s1. The van der Waals surface area contributed by atoms with Gasteiger partial charge in [0.15, 0.2) is 11.5 Å². The lowest BCUT2D eigenvalue weighted by molar-refractivity contribution is -0.144. The van der Waals surface area contributed by atoms with Crippen LogP contribution in [0.25, 0.3) is 21.5 Å². The second kappa shape index (κ2) is 8.29. The molecule has 8 heteroatoms. The summed E-state index contributed by atoms with van der Waals surface area (Å²) in [6.45, 7) is 1.19. The van der Waals surface area contributed by atoms with Gasteiger partial charge in [-0.1, -0.05) is 18.2 Å². The molecule has 0 saturated heterocycles. The molecule has 2 N–H and O–H groups in total. The first kappa shape index (κ1) is 20.5. The number of carboxylic acids is 1. The number of nitrogens with one attached hydrogen (secondary N) is 1. The summed E-state index contributed by atoms with van der Waals surface area (Å²) in [5.74, 6) is 0.486. The molecule has 3 heterocycles. The van der Waals surface area contributed by atoms with Crippen molar-refractivity contribution in [2.45, 2.75) is 19.0 Å². The number of H-pyrrole nitrogens is 1. The van der Waals surface area contributed by atoms with Crippen molar-refractivity contribution in [2.24, 2.45) is 0 Å². The summed E-state index contributed by atoms with van der Waals surface area (Å²) in [6.07, 6.45) is 2.53. The van der Waals surface area contributed by atoms with Crippen LogP contribution in [-0.4, -0.2) is 46.7 Å². The molecule has 1 aliphatic heterocycles. The van der Waals surface area contributed by atoms with Crippen molar-refractivity contribution in [3.63, 3.8) is 0 Å². The molecule has 2 aromatic heterocycles. The van der Waals surface area contributed by atoms with Gasteiger partial charge in [0.25, 0.3) is 0 Å². The van der Waals surface area contributed by atoms with Crippen LogP contribution in [0.3, 0.4) is 0 Å². The van der Waals surface area contributed by atoms with E-state index in [1.165, 1.54) is 0 Å². The lowest BCUT2D eigenvalue weighted by Gasteiger charge is -2.31. The number of carboxylic acid groups (broad SMARTS) is 1. The van der Waals surface area contributed by atoms with Gasteiger partial charge in [-0.2, -0.15) is 0 Å². The van der Waals surface area contributed by atoms with Crippen molar-refractivity contribution in [3.05, 3.63) is 64.8 Å². The second-order valence-electron chi connectivity index (χ2n) is 7.71. The summed E-state index contributed by atoms with van der Waals surface area (Å²) in [7, 11) is 3.23. The maximum Gasteiger partial charge on any atom is 0.325 e. The van der Waals surface area contributed by atoms with Crippen LogP contribution in [0.4, 0.5) is 0 Å². The van der Waals surface area contributed by atoms with Crippen LogP contribution in [0.2, 0.25) is 0 Å². The highest BCUT2D eigenvalue weighted by molar-refractivity contribution is 7.15. The van der Waals surface area contributed by atoms with Gasteiger partial charge >= 0.3 is 5.97 Å². The van der Waals surface area contributed by atoms with Crippen molar-refractivity contribution in [3.8, 4) is 22.1 Å². The molecule has 0 spiro atoms. The lowest BCUT2D eigenvalue weighted by Crippen LogP contribution is -2.37. The van der Waals surface area contributed by atoms with Gasteiger partial charge < -0.3 is 19.6 Å². The maximum absolute atomic E-state index is 12.3. The maximum atomic E-state index is 12.3. The normalized spacial score (nSPS) is 14.8. The predicted molar refractivity (Wildman–Crippen MR) is 123 cm³/mol. The summed E-state index contributed by atoms with van der Waals surface area (Å²) >= 11 is 1.60. The number of nitrogens with zero attached hydrogens (tertiary/aromatic N) is 2. The van der Waals surface area contributed by atoms with Crippen molar-refractivity contribution in [1.29, 1.82) is 0 Å². The molecule has 32 heavy (non-hydrogen) atoms. The van der Waals surface area contributed by atoms with Gasteiger partial charge in [0.2, 0.25) is 0 Å². The topological polar surface area (TPSA) is 87.7 Å². The van der Waals surface area contributed by atoms with Gasteiger partial charge in [0.05, 0.1) is 19.9 Å². The van der Waals surface area contributed by atoms with E-state index in [0.717, 1.165) is 37.6 Å². The number of benzene rings is 2. The van der Waals surface area contributed by atoms with Crippen LogP contribution in [-0.2, 0) is 17.8 Å². The van der Waals surface area contributed by atoms with Crippen LogP contribution >= 0.6 is 11.3 Å². The Labute approximate surface area is 189 Å². The number of carbonyl (C=O) groups is 1. The van der Waals surface area contributed by atoms with Crippen molar-refractivity contribution < 1.29 is 19.4 Å². The average Bonchev–Trinajstić information content (AvgIpc) is 3.43. The Balaban J connectivity index is 1.46. The predicted octanol–water partition coefficient (Wildman–Crippen LogP) is 4.49. The van der Waals surface area contributed by atoms with Crippen LogP contribution in [0.5, 0.6) is 11.5 Å². The minimum atomic E-state index is -0.845. The summed E-state index contributed by atoms with van der Waals surface area (Å²) < 4.78 is 10.8. The molecule has 0 saturated carbocycles. The van der Waals surface area contributed by atoms with E-state index in [9.17, 15) is 9.90 Å².